The summed E-state index contributed by atoms with van der Waals surface area (Å²) < 4.78 is 0. The molecule has 0 amide bonds. The molecular formula is C9H14Cl2N2OS. The smallest absolute Gasteiger partial charge is 0.121 e. The van der Waals surface area contributed by atoms with Crippen LogP contribution in [0.15, 0.2) is 17.0 Å². The van der Waals surface area contributed by atoms with Crippen molar-refractivity contribution in [3.8, 4) is 5.75 Å². The molecule has 1 unspecified atom stereocenters. The molecule has 0 aromatic heterocycles. The highest BCUT2D eigenvalue weighted by Crippen LogP contribution is 2.43. The number of phenolic OH excluding ortho intramolecular Hbond substituents is 1. The van der Waals surface area contributed by atoms with Crippen molar-refractivity contribution in [1.29, 1.82) is 0 Å². The number of rotatable bonds is 1. The monoisotopic (exact) mass is 268 g/mol. The van der Waals surface area contributed by atoms with E-state index < -0.39 is 0 Å². The van der Waals surface area contributed by atoms with Gasteiger partial charge < -0.3 is 16.2 Å². The lowest BCUT2D eigenvalue weighted by atomic mass is 10.1. The van der Waals surface area contributed by atoms with Crippen LogP contribution in [0.5, 0.6) is 5.75 Å². The Morgan fingerprint density at radius 2 is 2.13 bits per heavy atom. The molecule has 0 aliphatic carbocycles. The van der Waals surface area contributed by atoms with Crippen LogP contribution < -0.4 is 11.1 Å². The average molecular weight is 269 g/mol. The molecule has 1 aromatic carbocycles. The minimum atomic E-state index is 0. The standard InChI is InChI=1S/C9H12N2OS.2ClH/c1-5-11-7-2-3-8(12)6(4-10)9(7)13-5;;/h2-3,5,11-12H,4,10H2,1H3;2*1H. The molecule has 1 aliphatic heterocycles. The van der Waals surface area contributed by atoms with E-state index >= 15 is 0 Å². The zero-order valence-corrected chi connectivity index (χ0v) is 10.6. The molecule has 0 saturated carbocycles. The number of hydrogen-bond donors (Lipinski definition) is 3. The molecule has 6 heteroatoms. The molecule has 0 bridgehead atoms. The van der Waals surface area contributed by atoms with Gasteiger partial charge in [-0.05, 0) is 19.1 Å². The molecule has 0 saturated heterocycles. The van der Waals surface area contributed by atoms with Crippen molar-refractivity contribution in [1.82, 2.24) is 0 Å². The van der Waals surface area contributed by atoms with Crippen molar-refractivity contribution in [2.45, 2.75) is 23.7 Å². The van der Waals surface area contributed by atoms with Gasteiger partial charge in [0, 0.05) is 22.7 Å². The third kappa shape index (κ3) is 2.64. The minimum absolute atomic E-state index is 0. The van der Waals surface area contributed by atoms with E-state index in [0.717, 1.165) is 16.1 Å². The van der Waals surface area contributed by atoms with Crippen molar-refractivity contribution in [3.05, 3.63) is 17.7 Å². The summed E-state index contributed by atoms with van der Waals surface area (Å²) >= 11 is 1.71. The molecule has 0 spiro atoms. The van der Waals surface area contributed by atoms with Gasteiger partial charge in [-0.1, -0.05) is 11.8 Å². The van der Waals surface area contributed by atoms with Crippen LogP contribution in [0, 0.1) is 0 Å². The topological polar surface area (TPSA) is 58.3 Å². The number of benzene rings is 1. The minimum Gasteiger partial charge on any atom is -0.508 e. The fraction of sp³-hybridized carbons (Fsp3) is 0.333. The van der Waals surface area contributed by atoms with E-state index in [4.69, 9.17) is 5.73 Å². The molecule has 2 rings (SSSR count). The van der Waals surface area contributed by atoms with E-state index in [1.54, 1.807) is 17.8 Å². The second-order valence-corrected chi connectivity index (χ2v) is 4.40. The number of anilines is 1. The van der Waals surface area contributed by atoms with Gasteiger partial charge in [-0.25, -0.2) is 0 Å². The summed E-state index contributed by atoms with van der Waals surface area (Å²) in [6.07, 6.45) is 0. The first kappa shape index (κ1) is 14.7. The SMILES string of the molecule is CC1Nc2ccc(O)c(CN)c2S1.Cl.Cl. The Bertz CT molecular complexity index is 349. The molecule has 0 fully saturated rings. The third-order valence-electron chi connectivity index (χ3n) is 2.09. The van der Waals surface area contributed by atoms with Crippen molar-refractivity contribution >= 4 is 42.3 Å². The van der Waals surface area contributed by atoms with Gasteiger partial charge in [0.1, 0.15) is 5.75 Å². The summed E-state index contributed by atoms with van der Waals surface area (Å²) in [5.74, 6) is 0.296. The van der Waals surface area contributed by atoms with E-state index in [1.807, 2.05) is 6.07 Å². The van der Waals surface area contributed by atoms with E-state index in [9.17, 15) is 5.11 Å². The first-order valence-electron chi connectivity index (χ1n) is 4.20. The zero-order chi connectivity index (χ0) is 9.42. The number of thioether (sulfide) groups is 1. The molecule has 4 N–H and O–H groups in total. The lowest BCUT2D eigenvalue weighted by Crippen LogP contribution is -2.02. The molecule has 3 nitrogen and oxygen atoms in total. The van der Waals surface area contributed by atoms with Crippen LogP contribution in [0.25, 0.3) is 0 Å². The van der Waals surface area contributed by atoms with Crippen LogP contribution >= 0.6 is 36.6 Å². The number of aromatic hydroxyl groups is 1. The van der Waals surface area contributed by atoms with E-state index in [1.165, 1.54) is 0 Å². The van der Waals surface area contributed by atoms with Gasteiger partial charge in [-0.3, -0.25) is 0 Å². The molecule has 1 aromatic rings. The molecule has 1 heterocycles. The Morgan fingerprint density at radius 1 is 1.47 bits per heavy atom. The number of nitrogens with one attached hydrogen (secondary N) is 1. The van der Waals surface area contributed by atoms with Crippen LogP contribution in [0.4, 0.5) is 5.69 Å². The molecular weight excluding hydrogens is 255 g/mol. The van der Waals surface area contributed by atoms with Crippen LogP contribution in [-0.4, -0.2) is 10.5 Å². The Labute approximate surface area is 106 Å². The van der Waals surface area contributed by atoms with Gasteiger partial charge in [0.05, 0.1) is 5.37 Å². The highest BCUT2D eigenvalue weighted by molar-refractivity contribution is 8.00. The lowest BCUT2D eigenvalue weighted by molar-refractivity contribution is 0.466. The van der Waals surface area contributed by atoms with Gasteiger partial charge in [0.25, 0.3) is 0 Å². The second kappa shape index (κ2) is 5.70. The van der Waals surface area contributed by atoms with Crippen molar-refractivity contribution in [2.24, 2.45) is 5.73 Å². The maximum absolute atomic E-state index is 9.54. The molecule has 1 aliphatic rings. The van der Waals surface area contributed by atoms with E-state index in [2.05, 4.69) is 12.2 Å². The van der Waals surface area contributed by atoms with Gasteiger partial charge in [-0.15, -0.1) is 24.8 Å². The summed E-state index contributed by atoms with van der Waals surface area (Å²) in [4.78, 5) is 1.09. The molecule has 1 atom stereocenters. The van der Waals surface area contributed by atoms with Crippen LogP contribution in [0.3, 0.4) is 0 Å². The first-order chi connectivity index (χ1) is 6.22. The summed E-state index contributed by atoms with van der Waals surface area (Å²) in [7, 11) is 0. The maximum Gasteiger partial charge on any atom is 0.121 e. The normalized spacial score (nSPS) is 17.1. The van der Waals surface area contributed by atoms with Crippen molar-refractivity contribution in [3.63, 3.8) is 0 Å². The fourth-order valence-electron chi connectivity index (χ4n) is 1.49. The molecule has 0 radical (unpaired) electrons. The van der Waals surface area contributed by atoms with Crippen molar-refractivity contribution < 1.29 is 5.11 Å². The second-order valence-electron chi connectivity index (χ2n) is 3.05. The van der Waals surface area contributed by atoms with Crippen LogP contribution in [-0.2, 0) is 6.54 Å². The Kier molecular flexibility index (Phi) is 5.59. The highest BCUT2D eigenvalue weighted by atomic mass is 35.5. The van der Waals surface area contributed by atoms with Gasteiger partial charge in [0.2, 0.25) is 0 Å². The Morgan fingerprint density at radius 3 is 2.73 bits per heavy atom. The van der Waals surface area contributed by atoms with Crippen LogP contribution in [0.1, 0.15) is 12.5 Å². The number of hydrogen-bond acceptors (Lipinski definition) is 4. The summed E-state index contributed by atoms with van der Waals surface area (Å²) in [6, 6.07) is 3.58. The fourth-order valence-corrected chi connectivity index (χ4v) is 2.61. The van der Waals surface area contributed by atoms with Gasteiger partial charge in [-0.2, -0.15) is 0 Å². The quantitative estimate of drug-likeness (QED) is 0.686. The van der Waals surface area contributed by atoms with Gasteiger partial charge in [0.15, 0.2) is 0 Å². The van der Waals surface area contributed by atoms with Crippen LogP contribution in [0.2, 0.25) is 0 Å². The number of halogens is 2. The predicted molar refractivity (Wildman–Crippen MR) is 69.4 cm³/mol. The average Bonchev–Trinajstić information content (AvgIpc) is 2.45. The Hall–Kier alpha value is -0.290. The summed E-state index contributed by atoms with van der Waals surface area (Å²) in [5.41, 5.74) is 7.49. The predicted octanol–water partition coefficient (Wildman–Crippen LogP) is 2.56. The number of fused-ring (bicyclic) bond motifs is 1. The first-order valence-corrected chi connectivity index (χ1v) is 5.08. The Balaban J connectivity index is 0.000000980. The maximum atomic E-state index is 9.54. The zero-order valence-electron chi connectivity index (χ0n) is 8.19. The largest absolute Gasteiger partial charge is 0.508 e. The summed E-state index contributed by atoms with van der Waals surface area (Å²) in [5, 5.41) is 13.2. The van der Waals surface area contributed by atoms with Crippen molar-refractivity contribution in [2.75, 3.05) is 5.32 Å². The molecule has 15 heavy (non-hydrogen) atoms. The summed E-state index contributed by atoms with van der Waals surface area (Å²) in [6.45, 7) is 2.47. The van der Waals surface area contributed by atoms with Gasteiger partial charge >= 0.3 is 0 Å². The molecule has 86 valence electrons. The lowest BCUT2D eigenvalue weighted by Gasteiger charge is -2.06. The highest BCUT2D eigenvalue weighted by Gasteiger charge is 2.21. The number of phenols is 1. The number of nitrogens with two attached hydrogens (primary N) is 1. The third-order valence-corrected chi connectivity index (χ3v) is 3.27. The van der Waals surface area contributed by atoms with E-state index in [0.29, 0.717) is 17.7 Å². The van der Waals surface area contributed by atoms with E-state index in [-0.39, 0.29) is 24.8 Å².